The van der Waals surface area contributed by atoms with Crippen molar-refractivity contribution in [2.75, 3.05) is 12.1 Å². The molecule has 1 N–H and O–H groups in total. The first kappa shape index (κ1) is 14.5. The summed E-state index contributed by atoms with van der Waals surface area (Å²) in [6, 6.07) is 10.8. The molecule has 6 heteroatoms. The van der Waals surface area contributed by atoms with Gasteiger partial charge in [0, 0.05) is 6.92 Å². The van der Waals surface area contributed by atoms with Crippen LogP contribution in [0.15, 0.2) is 36.4 Å². The van der Waals surface area contributed by atoms with E-state index in [1.165, 1.54) is 6.92 Å². The van der Waals surface area contributed by atoms with E-state index in [1.54, 1.807) is 18.2 Å². The van der Waals surface area contributed by atoms with Crippen LogP contribution >= 0.6 is 11.6 Å². The van der Waals surface area contributed by atoms with E-state index in [0.717, 1.165) is 5.56 Å². The van der Waals surface area contributed by atoms with E-state index in [4.69, 9.17) is 25.8 Å². The highest BCUT2D eigenvalue weighted by atomic mass is 35.5. The maximum Gasteiger partial charge on any atom is 0.231 e. The lowest BCUT2D eigenvalue weighted by atomic mass is 10.2. The molecule has 0 aromatic heterocycles. The van der Waals surface area contributed by atoms with Gasteiger partial charge in [-0.2, -0.15) is 0 Å². The molecule has 0 aliphatic carbocycles. The van der Waals surface area contributed by atoms with Gasteiger partial charge in [0.1, 0.15) is 12.4 Å². The minimum Gasteiger partial charge on any atom is -0.487 e. The zero-order chi connectivity index (χ0) is 15.5. The zero-order valence-electron chi connectivity index (χ0n) is 11.9. The summed E-state index contributed by atoms with van der Waals surface area (Å²) in [6.07, 6.45) is 0. The molecule has 22 heavy (non-hydrogen) atoms. The number of fused-ring (bicyclic) bond motifs is 1. The van der Waals surface area contributed by atoms with Gasteiger partial charge in [0.2, 0.25) is 12.7 Å². The molecule has 0 fully saturated rings. The van der Waals surface area contributed by atoms with Crippen LogP contribution in [-0.2, 0) is 11.4 Å². The molecule has 5 nitrogen and oxygen atoms in total. The Morgan fingerprint density at radius 1 is 1.32 bits per heavy atom. The molecule has 0 radical (unpaired) electrons. The summed E-state index contributed by atoms with van der Waals surface area (Å²) in [4.78, 5) is 11.2. The fourth-order valence-corrected chi connectivity index (χ4v) is 2.44. The van der Waals surface area contributed by atoms with E-state index >= 15 is 0 Å². The molecular weight excluding hydrogens is 306 g/mol. The van der Waals surface area contributed by atoms with E-state index in [1.807, 2.05) is 18.2 Å². The number of carbonyl (C=O) groups excluding carboxylic acids is 1. The summed E-state index contributed by atoms with van der Waals surface area (Å²) in [5.74, 6) is 1.61. The number of hydrogen-bond acceptors (Lipinski definition) is 4. The minimum absolute atomic E-state index is 0.151. The average Bonchev–Trinajstić information content (AvgIpc) is 2.95. The van der Waals surface area contributed by atoms with Gasteiger partial charge in [-0.15, -0.1) is 0 Å². The number of carbonyl (C=O) groups is 1. The number of hydrogen-bond donors (Lipinski definition) is 1. The Balaban J connectivity index is 1.76. The van der Waals surface area contributed by atoms with Crippen LogP contribution in [0.5, 0.6) is 17.2 Å². The molecule has 0 saturated heterocycles. The minimum atomic E-state index is -0.151. The smallest absolute Gasteiger partial charge is 0.231 e. The van der Waals surface area contributed by atoms with E-state index in [0.29, 0.717) is 34.6 Å². The van der Waals surface area contributed by atoms with Gasteiger partial charge in [0.05, 0.1) is 10.7 Å². The molecule has 0 unspecified atom stereocenters. The number of ether oxygens (including phenoxy) is 3. The number of halogens is 1. The van der Waals surface area contributed by atoms with Gasteiger partial charge < -0.3 is 19.5 Å². The van der Waals surface area contributed by atoms with Crippen molar-refractivity contribution in [3.05, 3.63) is 47.0 Å². The van der Waals surface area contributed by atoms with Gasteiger partial charge in [-0.25, -0.2) is 0 Å². The monoisotopic (exact) mass is 319 g/mol. The Bertz CT molecular complexity index is 717. The molecule has 0 atom stereocenters. The van der Waals surface area contributed by atoms with Crippen LogP contribution in [0.25, 0.3) is 0 Å². The maximum absolute atomic E-state index is 11.2. The highest BCUT2D eigenvalue weighted by Crippen LogP contribution is 2.40. The lowest BCUT2D eigenvalue weighted by Crippen LogP contribution is -2.07. The van der Waals surface area contributed by atoms with Crippen molar-refractivity contribution >= 4 is 23.2 Å². The quantitative estimate of drug-likeness (QED) is 0.935. The average molecular weight is 320 g/mol. The van der Waals surface area contributed by atoms with Crippen LogP contribution < -0.4 is 19.5 Å². The Labute approximate surface area is 132 Å². The van der Waals surface area contributed by atoms with Gasteiger partial charge in [-0.05, 0) is 29.8 Å². The lowest BCUT2D eigenvalue weighted by Gasteiger charge is -2.12. The van der Waals surface area contributed by atoms with Crippen molar-refractivity contribution in [3.63, 3.8) is 0 Å². The number of nitrogens with one attached hydrogen (secondary N) is 1. The van der Waals surface area contributed by atoms with Crippen molar-refractivity contribution in [2.45, 2.75) is 13.5 Å². The van der Waals surface area contributed by atoms with Gasteiger partial charge in [-0.3, -0.25) is 4.79 Å². The third kappa shape index (κ3) is 3.09. The second-order valence-electron chi connectivity index (χ2n) is 4.78. The first-order chi connectivity index (χ1) is 10.6. The van der Waals surface area contributed by atoms with Crippen molar-refractivity contribution in [3.8, 4) is 17.2 Å². The first-order valence-corrected chi connectivity index (χ1v) is 7.09. The van der Waals surface area contributed by atoms with Gasteiger partial charge in [-0.1, -0.05) is 23.7 Å². The predicted molar refractivity (Wildman–Crippen MR) is 82.7 cm³/mol. The lowest BCUT2D eigenvalue weighted by molar-refractivity contribution is -0.114. The Kier molecular flexibility index (Phi) is 4.06. The van der Waals surface area contributed by atoms with Crippen LogP contribution in [0.2, 0.25) is 5.02 Å². The van der Waals surface area contributed by atoms with E-state index in [-0.39, 0.29) is 12.7 Å². The largest absolute Gasteiger partial charge is 0.487 e. The number of para-hydroxylation sites is 2. The number of anilines is 1. The van der Waals surface area contributed by atoms with Crippen LogP contribution in [0.3, 0.4) is 0 Å². The fraction of sp³-hybridized carbons (Fsp3) is 0.188. The summed E-state index contributed by atoms with van der Waals surface area (Å²) in [5.41, 5.74) is 1.48. The maximum atomic E-state index is 11.2. The van der Waals surface area contributed by atoms with Crippen molar-refractivity contribution in [1.29, 1.82) is 0 Å². The van der Waals surface area contributed by atoms with Gasteiger partial charge in [0.25, 0.3) is 0 Å². The normalized spacial score (nSPS) is 12.1. The molecule has 3 rings (SSSR count). The predicted octanol–water partition coefficient (Wildman–Crippen LogP) is 3.61. The van der Waals surface area contributed by atoms with Crippen molar-refractivity contribution < 1.29 is 19.0 Å². The van der Waals surface area contributed by atoms with Crippen LogP contribution in [-0.4, -0.2) is 12.7 Å². The molecule has 2 aromatic rings. The van der Waals surface area contributed by atoms with Crippen molar-refractivity contribution in [1.82, 2.24) is 0 Å². The first-order valence-electron chi connectivity index (χ1n) is 6.71. The molecule has 1 aliphatic heterocycles. The standard InChI is InChI=1S/C16H14ClNO4/c1-10(19)18-13-4-2-3-5-14(13)20-8-11-6-12(17)16-15(7-11)21-9-22-16/h2-7H,8-9H2,1H3,(H,18,19). The highest BCUT2D eigenvalue weighted by Gasteiger charge is 2.18. The van der Waals surface area contributed by atoms with E-state index in [2.05, 4.69) is 5.32 Å². The fourth-order valence-electron chi connectivity index (χ4n) is 2.15. The van der Waals surface area contributed by atoms with Crippen LogP contribution in [0, 0.1) is 0 Å². The van der Waals surface area contributed by atoms with Crippen LogP contribution in [0.4, 0.5) is 5.69 Å². The second-order valence-corrected chi connectivity index (χ2v) is 5.18. The molecule has 1 heterocycles. The molecule has 114 valence electrons. The summed E-state index contributed by atoms with van der Waals surface area (Å²) >= 11 is 6.14. The van der Waals surface area contributed by atoms with E-state index < -0.39 is 0 Å². The highest BCUT2D eigenvalue weighted by molar-refractivity contribution is 6.32. The second kappa shape index (κ2) is 6.15. The summed E-state index contributed by atoms with van der Waals surface area (Å²) in [6.45, 7) is 1.92. The Morgan fingerprint density at radius 2 is 2.14 bits per heavy atom. The Morgan fingerprint density at radius 3 is 2.95 bits per heavy atom. The topological polar surface area (TPSA) is 56.8 Å². The molecule has 0 bridgehead atoms. The third-order valence-electron chi connectivity index (χ3n) is 3.08. The van der Waals surface area contributed by atoms with Gasteiger partial charge >= 0.3 is 0 Å². The Hall–Kier alpha value is -2.40. The number of amides is 1. The van der Waals surface area contributed by atoms with Crippen molar-refractivity contribution in [2.24, 2.45) is 0 Å². The summed E-state index contributed by atoms with van der Waals surface area (Å²) in [5, 5.41) is 3.22. The zero-order valence-corrected chi connectivity index (χ0v) is 12.6. The molecular formula is C16H14ClNO4. The number of rotatable bonds is 4. The summed E-state index contributed by atoms with van der Waals surface area (Å²) < 4.78 is 16.4. The molecule has 2 aromatic carbocycles. The number of benzene rings is 2. The van der Waals surface area contributed by atoms with Gasteiger partial charge in [0.15, 0.2) is 11.5 Å². The van der Waals surface area contributed by atoms with E-state index in [9.17, 15) is 4.79 Å². The molecule has 1 aliphatic rings. The summed E-state index contributed by atoms with van der Waals surface area (Å²) in [7, 11) is 0. The molecule has 1 amide bonds. The van der Waals surface area contributed by atoms with Crippen LogP contribution in [0.1, 0.15) is 12.5 Å². The SMILES string of the molecule is CC(=O)Nc1ccccc1OCc1cc(Cl)c2c(c1)OCO2. The third-order valence-corrected chi connectivity index (χ3v) is 3.36. The molecule has 0 saturated carbocycles. The molecule has 0 spiro atoms.